The summed E-state index contributed by atoms with van der Waals surface area (Å²) in [5, 5.41) is 13.8. The molecule has 0 radical (unpaired) electrons. The third-order valence-corrected chi connectivity index (χ3v) is 5.87. The SMILES string of the molecule is CCC(C(=O)NCCn1ncc2c(NCc3cccs3)ncnc21)c1ccccc1. The molecule has 0 saturated carbocycles. The van der Waals surface area contributed by atoms with Crippen LogP contribution in [0.3, 0.4) is 0 Å². The fourth-order valence-corrected chi connectivity index (χ4v) is 4.09. The number of carbonyl (C=O) groups is 1. The van der Waals surface area contributed by atoms with Crippen molar-refractivity contribution in [2.75, 3.05) is 11.9 Å². The van der Waals surface area contributed by atoms with E-state index in [0.29, 0.717) is 19.6 Å². The van der Waals surface area contributed by atoms with Crippen LogP contribution in [0.4, 0.5) is 5.82 Å². The van der Waals surface area contributed by atoms with Crippen LogP contribution in [0.25, 0.3) is 11.0 Å². The van der Waals surface area contributed by atoms with Gasteiger partial charge in [0, 0.05) is 11.4 Å². The van der Waals surface area contributed by atoms with Gasteiger partial charge in [-0.15, -0.1) is 11.3 Å². The van der Waals surface area contributed by atoms with Crippen molar-refractivity contribution in [1.29, 1.82) is 0 Å². The molecular weight excluding hydrogens is 396 g/mol. The van der Waals surface area contributed by atoms with Gasteiger partial charge in [-0.2, -0.15) is 5.10 Å². The summed E-state index contributed by atoms with van der Waals surface area (Å²) >= 11 is 1.70. The van der Waals surface area contributed by atoms with Crippen LogP contribution in [-0.2, 0) is 17.9 Å². The molecule has 1 amide bonds. The van der Waals surface area contributed by atoms with Gasteiger partial charge in [-0.25, -0.2) is 14.6 Å². The number of hydrogen-bond donors (Lipinski definition) is 2. The van der Waals surface area contributed by atoms with Crippen molar-refractivity contribution < 1.29 is 4.79 Å². The summed E-state index contributed by atoms with van der Waals surface area (Å²) in [4.78, 5) is 22.6. The molecule has 8 heteroatoms. The van der Waals surface area contributed by atoms with Crippen molar-refractivity contribution in [2.45, 2.75) is 32.4 Å². The first-order valence-corrected chi connectivity index (χ1v) is 10.9. The number of fused-ring (bicyclic) bond motifs is 1. The van der Waals surface area contributed by atoms with Gasteiger partial charge in [0.05, 0.1) is 30.6 Å². The van der Waals surface area contributed by atoms with E-state index in [1.807, 2.05) is 43.3 Å². The van der Waals surface area contributed by atoms with E-state index >= 15 is 0 Å². The Hall–Kier alpha value is -3.26. The number of rotatable bonds is 9. The van der Waals surface area contributed by atoms with Gasteiger partial charge in [-0.3, -0.25) is 4.79 Å². The molecule has 1 unspecified atom stereocenters. The zero-order chi connectivity index (χ0) is 20.8. The van der Waals surface area contributed by atoms with E-state index in [-0.39, 0.29) is 11.8 Å². The summed E-state index contributed by atoms with van der Waals surface area (Å²) in [7, 11) is 0. The number of aromatic nitrogens is 4. The lowest BCUT2D eigenvalue weighted by Gasteiger charge is -2.15. The number of anilines is 1. The second kappa shape index (κ2) is 9.49. The Morgan fingerprint density at radius 2 is 2.03 bits per heavy atom. The molecule has 4 aromatic rings. The highest BCUT2D eigenvalue weighted by atomic mass is 32.1. The van der Waals surface area contributed by atoms with E-state index in [4.69, 9.17) is 0 Å². The van der Waals surface area contributed by atoms with Crippen molar-refractivity contribution in [3.63, 3.8) is 0 Å². The fourth-order valence-electron chi connectivity index (χ4n) is 3.45. The van der Waals surface area contributed by atoms with Crippen molar-refractivity contribution in [2.24, 2.45) is 0 Å². The van der Waals surface area contributed by atoms with Gasteiger partial charge in [-0.1, -0.05) is 43.3 Å². The van der Waals surface area contributed by atoms with Crippen LogP contribution in [0.1, 0.15) is 29.7 Å². The summed E-state index contributed by atoms with van der Waals surface area (Å²) in [5.41, 5.74) is 1.79. The fraction of sp³-hybridized carbons (Fsp3) is 0.273. The van der Waals surface area contributed by atoms with Crippen LogP contribution in [0.2, 0.25) is 0 Å². The molecule has 2 N–H and O–H groups in total. The molecule has 30 heavy (non-hydrogen) atoms. The lowest BCUT2D eigenvalue weighted by molar-refractivity contribution is -0.122. The van der Waals surface area contributed by atoms with Crippen LogP contribution in [-0.4, -0.2) is 32.2 Å². The normalized spacial score (nSPS) is 12.0. The molecule has 0 aliphatic rings. The second-order valence-electron chi connectivity index (χ2n) is 6.92. The van der Waals surface area contributed by atoms with E-state index in [2.05, 4.69) is 37.1 Å². The number of amides is 1. The lowest BCUT2D eigenvalue weighted by Crippen LogP contribution is -2.32. The third-order valence-electron chi connectivity index (χ3n) is 4.99. The minimum absolute atomic E-state index is 0.0353. The Morgan fingerprint density at radius 1 is 1.17 bits per heavy atom. The highest BCUT2D eigenvalue weighted by molar-refractivity contribution is 7.09. The summed E-state index contributed by atoms with van der Waals surface area (Å²) in [6.45, 7) is 3.77. The van der Waals surface area contributed by atoms with Crippen molar-refractivity contribution >= 4 is 34.1 Å². The number of nitrogens with one attached hydrogen (secondary N) is 2. The minimum Gasteiger partial charge on any atom is -0.364 e. The van der Waals surface area contributed by atoms with Gasteiger partial charge in [0.15, 0.2) is 5.65 Å². The highest BCUT2D eigenvalue weighted by Crippen LogP contribution is 2.21. The van der Waals surface area contributed by atoms with Crippen molar-refractivity contribution in [1.82, 2.24) is 25.1 Å². The Balaban J connectivity index is 1.38. The zero-order valence-corrected chi connectivity index (χ0v) is 17.6. The smallest absolute Gasteiger partial charge is 0.227 e. The quantitative estimate of drug-likeness (QED) is 0.430. The highest BCUT2D eigenvalue weighted by Gasteiger charge is 2.18. The number of carbonyl (C=O) groups excluding carboxylic acids is 1. The average Bonchev–Trinajstić information content (AvgIpc) is 3.44. The number of hydrogen-bond acceptors (Lipinski definition) is 6. The Kier molecular flexibility index (Phi) is 6.34. The maximum absolute atomic E-state index is 12.6. The topological polar surface area (TPSA) is 84.7 Å². The molecule has 3 heterocycles. The molecule has 1 atom stereocenters. The second-order valence-corrected chi connectivity index (χ2v) is 7.95. The molecule has 0 aliphatic carbocycles. The number of thiophene rings is 1. The first-order chi connectivity index (χ1) is 14.8. The van der Waals surface area contributed by atoms with Crippen LogP contribution < -0.4 is 10.6 Å². The maximum atomic E-state index is 12.6. The van der Waals surface area contributed by atoms with Crippen LogP contribution in [0.5, 0.6) is 0 Å². The average molecular weight is 421 g/mol. The van der Waals surface area contributed by atoms with Gasteiger partial charge < -0.3 is 10.6 Å². The summed E-state index contributed by atoms with van der Waals surface area (Å²) in [5.74, 6) is 0.655. The van der Waals surface area contributed by atoms with E-state index in [1.54, 1.807) is 28.5 Å². The minimum atomic E-state index is -0.143. The van der Waals surface area contributed by atoms with Gasteiger partial charge in [0.25, 0.3) is 0 Å². The molecule has 4 rings (SSSR count). The molecule has 0 bridgehead atoms. The van der Waals surface area contributed by atoms with E-state index in [9.17, 15) is 4.79 Å². The third kappa shape index (κ3) is 4.49. The summed E-state index contributed by atoms with van der Waals surface area (Å²) < 4.78 is 1.80. The van der Waals surface area contributed by atoms with Crippen LogP contribution in [0.15, 0.2) is 60.4 Å². The maximum Gasteiger partial charge on any atom is 0.227 e. The summed E-state index contributed by atoms with van der Waals surface area (Å²) in [6.07, 6.45) is 4.07. The van der Waals surface area contributed by atoms with Crippen molar-refractivity contribution in [3.05, 3.63) is 70.8 Å². The van der Waals surface area contributed by atoms with E-state index in [0.717, 1.165) is 28.8 Å². The van der Waals surface area contributed by atoms with Gasteiger partial charge in [0.2, 0.25) is 5.91 Å². The molecule has 3 aromatic heterocycles. The Bertz CT molecular complexity index is 1090. The first kappa shape index (κ1) is 20.0. The molecule has 0 fully saturated rings. The largest absolute Gasteiger partial charge is 0.364 e. The van der Waals surface area contributed by atoms with Gasteiger partial charge in [0.1, 0.15) is 12.1 Å². The Labute approximate surface area is 179 Å². The monoisotopic (exact) mass is 420 g/mol. The van der Waals surface area contributed by atoms with Gasteiger partial charge in [-0.05, 0) is 23.4 Å². The van der Waals surface area contributed by atoms with E-state index in [1.165, 1.54) is 4.88 Å². The number of nitrogens with zero attached hydrogens (tertiary/aromatic N) is 4. The van der Waals surface area contributed by atoms with Crippen LogP contribution >= 0.6 is 11.3 Å². The predicted molar refractivity (Wildman–Crippen MR) is 119 cm³/mol. The molecule has 7 nitrogen and oxygen atoms in total. The molecule has 154 valence electrons. The van der Waals surface area contributed by atoms with Gasteiger partial charge >= 0.3 is 0 Å². The predicted octanol–water partition coefficient (Wildman–Crippen LogP) is 3.81. The molecule has 1 aromatic carbocycles. The first-order valence-electron chi connectivity index (χ1n) is 10.0. The van der Waals surface area contributed by atoms with Crippen molar-refractivity contribution in [3.8, 4) is 0 Å². The molecular formula is C22H24N6OS. The molecule has 0 spiro atoms. The summed E-state index contributed by atoms with van der Waals surface area (Å²) in [6, 6.07) is 14.0. The van der Waals surface area contributed by atoms with E-state index < -0.39 is 0 Å². The Morgan fingerprint density at radius 3 is 2.80 bits per heavy atom. The molecule has 0 saturated heterocycles. The van der Waals surface area contributed by atoms with Crippen LogP contribution in [0, 0.1) is 0 Å². The molecule has 0 aliphatic heterocycles. The lowest BCUT2D eigenvalue weighted by atomic mass is 9.96. The zero-order valence-electron chi connectivity index (χ0n) is 16.8. The number of benzene rings is 1. The standard InChI is InChI=1S/C22H24N6OS/c1-2-18(16-7-4-3-5-8-16)22(29)23-10-11-28-21-19(14-27-28)20(25-15-26-21)24-13-17-9-6-12-30-17/h3-9,12,14-15,18H,2,10-11,13H2,1H3,(H,23,29)(H,24,25,26).